The molecule has 0 fully saturated rings. The zero-order valence-corrected chi connectivity index (χ0v) is 15.3. The van der Waals surface area contributed by atoms with Crippen LogP contribution in [-0.2, 0) is 0 Å². The molecule has 1 aliphatic rings. The van der Waals surface area contributed by atoms with E-state index < -0.39 is 0 Å². The first-order valence-electron chi connectivity index (χ1n) is 8.37. The standard InChI is InChI=1S/C22H17NO2S/c1-14-7-9-16(10-8-14)22(25)23-18-5-3-4-6-20(18)26-21-12-11-17(15(2)24)13-19(21)23/h3-13H,1-2H3. The van der Waals surface area contributed by atoms with Gasteiger partial charge in [-0.1, -0.05) is 47.7 Å². The summed E-state index contributed by atoms with van der Waals surface area (Å²) in [6.07, 6.45) is 0. The molecule has 4 heteroatoms. The van der Waals surface area contributed by atoms with Crippen molar-refractivity contribution in [1.29, 1.82) is 0 Å². The molecule has 0 radical (unpaired) electrons. The van der Waals surface area contributed by atoms with E-state index in [1.165, 1.54) is 6.92 Å². The molecule has 0 spiro atoms. The van der Waals surface area contributed by atoms with Gasteiger partial charge in [0.1, 0.15) is 0 Å². The molecule has 0 saturated carbocycles. The maximum atomic E-state index is 13.3. The summed E-state index contributed by atoms with van der Waals surface area (Å²) in [5.41, 5.74) is 3.93. The van der Waals surface area contributed by atoms with E-state index >= 15 is 0 Å². The molecule has 0 saturated heterocycles. The molecule has 0 atom stereocenters. The van der Waals surface area contributed by atoms with Crippen LogP contribution in [0.3, 0.4) is 0 Å². The van der Waals surface area contributed by atoms with Crippen LogP contribution >= 0.6 is 11.8 Å². The van der Waals surface area contributed by atoms with Crippen molar-refractivity contribution in [2.75, 3.05) is 4.90 Å². The molecule has 0 aromatic heterocycles. The lowest BCUT2D eigenvalue weighted by Crippen LogP contribution is -2.28. The lowest BCUT2D eigenvalue weighted by Gasteiger charge is -2.31. The third-order valence-electron chi connectivity index (χ3n) is 4.43. The Kier molecular flexibility index (Phi) is 4.13. The minimum Gasteiger partial charge on any atom is -0.295 e. The van der Waals surface area contributed by atoms with Crippen LogP contribution in [0.2, 0.25) is 0 Å². The van der Waals surface area contributed by atoms with Gasteiger partial charge < -0.3 is 0 Å². The quantitative estimate of drug-likeness (QED) is 0.556. The molecule has 0 bridgehead atoms. The van der Waals surface area contributed by atoms with Crippen LogP contribution in [0.5, 0.6) is 0 Å². The van der Waals surface area contributed by atoms with Crippen molar-refractivity contribution in [1.82, 2.24) is 0 Å². The third-order valence-corrected chi connectivity index (χ3v) is 5.56. The van der Waals surface area contributed by atoms with E-state index in [4.69, 9.17) is 0 Å². The summed E-state index contributed by atoms with van der Waals surface area (Å²) in [5.74, 6) is -0.112. The Morgan fingerprint density at radius 2 is 1.46 bits per heavy atom. The number of fused-ring (bicyclic) bond motifs is 2. The fourth-order valence-corrected chi connectivity index (χ4v) is 4.06. The summed E-state index contributed by atoms with van der Waals surface area (Å²) < 4.78 is 0. The minimum atomic E-state index is -0.0975. The van der Waals surface area contributed by atoms with E-state index in [1.54, 1.807) is 16.7 Å². The summed E-state index contributed by atoms with van der Waals surface area (Å²) in [6.45, 7) is 3.54. The topological polar surface area (TPSA) is 37.4 Å². The summed E-state index contributed by atoms with van der Waals surface area (Å²) in [7, 11) is 0. The molecule has 26 heavy (non-hydrogen) atoms. The average Bonchev–Trinajstić information content (AvgIpc) is 2.65. The fourth-order valence-electron chi connectivity index (χ4n) is 3.02. The largest absolute Gasteiger partial charge is 0.295 e. The molecule has 128 valence electrons. The van der Waals surface area contributed by atoms with E-state index in [-0.39, 0.29) is 11.7 Å². The SMILES string of the molecule is CC(=O)c1ccc2c(c1)N(C(=O)c1ccc(C)cc1)c1ccccc1S2. The minimum absolute atomic E-state index is 0.0145. The van der Waals surface area contributed by atoms with Crippen LogP contribution in [0.25, 0.3) is 0 Å². The van der Waals surface area contributed by atoms with Gasteiger partial charge in [-0.25, -0.2) is 0 Å². The maximum Gasteiger partial charge on any atom is 0.262 e. The Labute approximate surface area is 156 Å². The van der Waals surface area contributed by atoms with Crippen LogP contribution in [0.15, 0.2) is 76.5 Å². The van der Waals surface area contributed by atoms with Crippen molar-refractivity contribution in [2.45, 2.75) is 23.6 Å². The molecule has 3 aromatic rings. The predicted octanol–water partition coefficient (Wildman–Crippen LogP) is 5.64. The normalized spacial score (nSPS) is 12.3. The van der Waals surface area contributed by atoms with Gasteiger partial charge in [0.25, 0.3) is 5.91 Å². The molecule has 1 heterocycles. The van der Waals surface area contributed by atoms with Gasteiger partial charge >= 0.3 is 0 Å². The first kappa shape index (κ1) is 16.6. The van der Waals surface area contributed by atoms with Crippen LogP contribution < -0.4 is 4.90 Å². The Morgan fingerprint density at radius 1 is 0.808 bits per heavy atom. The number of aryl methyl sites for hydroxylation is 1. The van der Waals surface area contributed by atoms with E-state index in [0.29, 0.717) is 11.1 Å². The number of carbonyl (C=O) groups is 2. The second-order valence-corrected chi connectivity index (χ2v) is 7.40. The number of benzene rings is 3. The Balaban J connectivity index is 1.89. The van der Waals surface area contributed by atoms with Gasteiger partial charge in [0.05, 0.1) is 11.4 Å². The van der Waals surface area contributed by atoms with Gasteiger partial charge in [0.2, 0.25) is 0 Å². The summed E-state index contributed by atoms with van der Waals surface area (Å²) >= 11 is 1.62. The molecule has 3 aromatic carbocycles. The first-order valence-corrected chi connectivity index (χ1v) is 9.19. The van der Waals surface area contributed by atoms with Crippen molar-refractivity contribution >= 4 is 34.8 Å². The fraction of sp³-hybridized carbons (Fsp3) is 0.0909. The lowest BCUT2D eigenvalue weighted by molar-refractivity contribution is 0.0992. The van der Waals surface area contributed by atoms with E-state index in [2.05, 4.69) is 0 Å². The van der Waals surface area contributed by atoms with Gasteiger partial charge in [-0.15, -0.1) is 0 Å². The Hall–Kier alpha value is -2.85. The van der Waals surface area contributed by atoms with E-state index in [1.807, 2.05) is 73.7 Å². The molecule has 0 aliphatic carbocycles. The number of carbonyl (C=O) groups excluding carboxylic acids is 2. The lowest BCUT2D eigenvalue weighted by atomic mass is 10.1. The molecule has 0 unspecified atom stereocenters. The van der Waals surface area contributed by atoms with Gasteiger partial charge in [-0.05, 0) is 50.2 Å². The van der Waals surface area contributed by atoms with Gasteiger partial charge in [-0.2, -0.15) is 0 Å². The number of nitrogens with zero attached hydrogens (tertiary/aromatic N) is 1. The second kappa shape index (κ2) is 6.46. The number of amides is 1. The van der Waals surface area contributed by atoms with Crippen LogP contribution in [0, 0.1) is 6.92 Å². The molecule has 4 rings (SSSR count). The highest BCUT2D eigenvalue weighted by molar-refractivity contribution is 7.99. The second-order valence-electron chi connectivity index (χ2n) is 6.32. The summed E-state index contributed by atoms with van der Waals surface area (Å²) in [6, 6.07) is 21.0. The van der Waals surface area contributed by atoms with Crippen LogP contribution in [0.4, 0.5) is 11.4 Å². The predicted molar refractivity (Wildman–Crippen MR) is 105 cm³/mol. The van der Waals surface area contributed by atoms with Crippen LogP contribution in [-0.4, -0.2) is 11.7 Å². The molecule has 1 aliphatic heterocycles. The van der Waals surface area contributed by atoms with Crippen molar-refractivity contribution in [2.24, 2.45) is 0 Å². The summed E-state index contributed by atoms with van der Waals surface area (Å²) in [4.78, 5) is 28.9. The number of ketones is 1. The Bertz CT molecular complexity index is 1020. The third kappa shape index (κ3) is 2.82. The van der Waals surface area contributed by atoms with Gasteiger partial charge in [0.15, 0.2) is 5.78 Å². The highest BCUT2D eigenvalue weighted by Crippen LogP contribution is 2.48. The smallest absolute Gasteiger partial charge is 0.262 e. The zero-order valence-electron chi connectivity index (χ0n) is 14.5. The molecule has 3 nitrogen and oxygen atoms in total. The molecule has 1 amide bonds. The van der Waals surface area contributed by atoms with Crippen LogP contribution in [0.1, 0.15) is 33.2 Å². The van der Waals surface area contributed by atoms with Gasteiger partial charge in [-0.3, -0.25) is 14.5 Å². The highest BCUT2D eigenvalue weighted by Gasteiger charge is 2.29. The first-order chi connectivity index (χ1) is 12.5. The number of hydrogen-bond donors (Lipinski definition) is 0. The van der Waals surface area contributed by atoms with Crippen molar-refractivity contribution < 1.29 is 9.59 Å². The number of anilines is 2. The maximum absolute atomic E-state index is 13.3. The number of hydrogen-bond acceptors (Lipinski definition) is 3. The van der Waals surface area contributed by atoms with Crippen molar-refractivity contribution in [3.8, 4) is 0 Å². The van der Waals surface area contributed by atoms with Crippen molar-refractivity contribution in [3.63, 3.8) is 0 Å². The van der Waals surface area contributed by atoms with Gasteiger partial charge in [0, 0.05) is 20.9 Å². The number of Topliss-reactive ketones (excluding diaryl/α,β-unsaturated/α-hetero) is 1. The van der Waals surface area contributed by atoms with Crippen molar-refractivity contribution in [3.05, 3.63) is 83.4 Å². The molecule has 0 N–H and O–H groups in total. The monoisotopic (exact) mass is 359 g/mol. The number of rotatable bonds is 2. The summed E-state index contributed by atoms with van der Waals surface area (Å²) in [5, 5.41) is 0. The van der Waals surface area contributed by atoms with E-state index in [9.17, 15) is 9.59 Å². The highest BCUT2D eigenvalue weighted by atomic mass is 32.2. The molecular formula is C22H17NO2S. The zero-order chi connectivity index (χ0) is 18.3. The Morgan fingerprint density at radius 3 is 2.19 bits per heavy atom. The van der Waals surface area contributed by atoms with E-state index in [0.717, 1.165) is 26.7 Å². The molecular weight excluding hydrogens is 342 g/mol. The number of para-hydroxylation sites is 1. The average molecular weight is 359 g/mol.